The Hall–Kier alpha value is -0.830. The molecule has 0 aliphatic heterocycles. The van der Waals surface area contributed by atoms with Crippen molar-refractivity contribution in [3.05, 3.63) is 11.6 Å². The maximum atomic E-state index is 11.4. The smallest absolute Gasteiger partial charge is 0.248 e. The average molecular weight is 170 g/mol. The lowest BCUT2D eigenvalue weighted by atomic mass is 10.2. The van der Waals surface area contributed by atoms with E-state index >= 15 is 0 Å². The standard InChI is InChI=1S/C9H18N2O/c1-4-8(2)9(12)11(3)7-5-6-10/h4H,5-7,10H2,1-3H3. The summed E-state index contributed by atoms with van der Waals surface area (Å²) in [6.45, 7) is 5.05. The Morgan fingerprint density at radius 1 is 1.58 bits per heavy atom. The first-order chi connectivity index (χ1) is 5.63. The van der Waals surface area contributed by atoms with Crippen LogP contribution in [0.15, 0.2) is 11.6 Å². The molecule has 0 aromatic rings. The minimum atomic E-state index is 0.0888. The summed E-state index contributed by atoms with van der Waals surface area (Å²) in [5.41, 5.74) is 6.12. The number of nitrogens with zero attached hydrogens (tertiary/aromatic N) is 1. The number of carbonyl (C=O) groups excluding carboxylic acids is 1. The minimum absolute atomic E-state index is 0.0888. The first kappa shape index (κ1) is 11.2. The van der Waals surface area contributed by atoms with Crippen molar-refractivity contribution in [2.24, 2.45) is 5.73 Å². The molecule has 0 fully saturated rings. The molecule has 2 N–H and O–H groups in total. The number of nitrogens with two attached hydrogens (primary N) is 1. The van der Waals surface area contributed by atoms with Gasteiger partial charge in [-0.25, -0.2) is 0 Å². The van der Waals surface area contributed by atoms with Gasteiger partial charge in [-0.1, -0.05) is 6.08 Å². The van der Waals surface area contributed by atoms with Crippen LogP contribution in [0.3, 0.4) is 0 Å². The number of hydrogen-bond donors (Lipinski definition) is 1. The van der Waals surface area contributed by atoms with Gasteiger partial charge in [0, 0.05) is 19.2 Å². The van der Waals surface area contributed by atoms with Gasteiger partial charge in [0.25, 0.3) is 0 Å². The first-order valence-electron chi connectivity index (χ1n) is 4.22. The molecule has 0 saturated carbocycles. The van der Waals surface area contributed by atoms with E-state index in [2.05, 4.69) is 0 Å². The minimum Gasteiger partial charge on any atom is -0.342 e. The summed E-state index contributed by atoms with van der Waals surface area (Å²) < 4.78 is 0. The van der Waals surface area contributed by atoms with Crippen molar-refractivity contribution in [1.82, 2.24) is 4.90 Å². The van der Waals surface area contributed by atoms with Crippen molar-refractivity contribution < 1.29 is 4.79 Å². The molecule has 0 aliphatic rings. The molecule has 1 amide bonds. The predicted octanol–water partition coefficient (Wildman–Crippen LogP) is 0.760. The highest BCUT2D eigenvalue weighted by Gasteiger charge is 2.08. The van der Waals surface area contributed by atoms with Gasteiger partial charge in [0.2, 0.25) is 5.91 Å². The summed E-state index contributed by atoms with van der Waals surface area (Å²) in [6, 6.07) is 0. The van der Waals surface area contributed by atoms with Gasteiger partial charge in [-0.3, -0.25) is 4.79 Å². The summed E-state index contributed by atoms with van der Waals surface area (Å²) in [6.07, 6.45) is 2.68. The van der Waals surface area contributed by atoms with Gasteiger partial charge in [-0.2, -0.15) is 0 Å². The van der Waals surface area contributed by atoms with Crippen molar-refractivity contribution in [2.45, 2.75) is 20.3 Å². The van der Waals surface area contributed by atoms with Gasteiger partial charge in [0.05, 0.1) is 0 Å². The van der Waals surface area contributed by atoms with E-state index in [1.807, 2.05) is 19.9 Å². The van der Waals surface area contributed by atoms with Crippen LogP contribution in [-0.4, -0.2) is 30.9 Å². The van der Waals surface area contributed by atoms with Crippen LogP contribution >= 0.6 is 0 Å². The van der Waals surface area contributed by atoms with Crippen LogP contribution in [0, 0.1) is 0 Å². The monoisotopic (exact) mass is 170 g/mol. The van der Waals surface area contributed by atoms with E-state index < -0.39 is 0 Å². The summed E-state index contributed by atoms with van der Waals surface area (Å²) >= 11 is 0. The number of carbonyl (C=O) groups is 1. The van der Waals surface area contributed by atoms with Gasteiger partial charge >= 0.3 is 0 Å². The van der Waals surface area contributed by atoms with Gasteiger partial charge in [-0.05, 0) is 26.8 Å². The Kier molecular flexibility index (Phi) is 5.37. The fourth-order valence-electron chi connectivity index (χ4n) is 0.855. The second-order valence-electron chi connectivity index (χ2n) is 2.84. The van der Waals surface area contributed by atoms with Gasteiger partial charge < -0.3 is 10.6 Å². The zero-order valence-corrected chi connectivity index (χ0v) is 8.13. The van der Waals surface area contributed by atoms with Crippen LogP contribution in [-0.2, 0) is 4.79 Å². The van der Waals surface area contributed by atoms with Gasteiger partial charge in [0.1, 0.15) is 0 Å². The Morgan fingerprint density at radius 2 is 2.17 bits per heavy atom. The first-order valence-corrected chi connectivity index (χ1v) is 4.22. The maximum absolute atomic E-state index is 11.4. The number of likely N-dealkylation sites (N-methyl/N-ethyl adjacent to an activating group) is 1. The predicted molar refractivity (Wildman–Crippen MR) is 50.7 cm³/mol. The van der Waals surface area contributed by atoms with Gasteiger partial charge in [0.15, 0.2) is 0 Å². The molecule has 0 saturated heterocycles. The van der Waals surface area contributed by atoms with E-state index in [0.717, 1.165) is 18.5 Å². The highest BCUT2D eigenvalue weighted by Crippen LogP contribution is 1.98. The van der Waals surface area contributed by atoms with E-state index in [1.54, 1.807) is 11.9 Å². The van der Waals surface area contributed by atoms with Crippen molar-refractivity contribution >= 4 is 5.91 Å². The zero-order chi connectivity index (χ0) is 9.56. The topological polar surface area (TPSA) is 46.3 Å². The lowest BCUT2D eigenvalue weighted by Crippen LogP contribution is -2.29. The van der Waals surface area contributed by atoms with Crippen LogP contribution in [0.5, 0.6) is 0 Å². The summed E-state index contributed by atoms with van der Waals surface area (Å²) in [7, 11) is 1.80. The molecular formula is C9H18N2O. The quantitative estimate of drug-likeness (QED) is 0.633. The fourth-order valence-corrected chi connectivity index (χ4v) is 0.855. The van der Waals surface area contributed by atoms with Gasteiger partial charge in [-0.15, -0.1) is 0 Å². The highest BCUT2D eigenvalue weighted by molar-refractivity contribution is 5.92. The molecule has 0 radical (unpaired) electrons. The van der Waals surface area contributed by atoms with Crippen LogP contribution in [0.25, 0.3) is 0 Å². The second-order valence-corrected chi connectivity index (χ2v) is 2.84. The molecule has 70 valence electrons. The molecule has 0 bridgehead atoms. The van der Waals surface area contributed by atoms with Crippen molar-refractivity contribution in [3.63, 3.8) is 0 Å². The van der Waals surface area contributed by atoms with E-state index in [4.69, 9.17) is 5.73 Å². The number of amides is 1. The summed E-state index contributed by atoms with van der Waals surface area (Å²) in [4.78, 5) is 13.1. The molecule has 0 heterocycles. The van der Waals surface area contributed by atoms with Crippen molar-refractivity contribution in [1.29, 1.82) is 0 Å². The SMILES string of the molecule is CC=C(C)C(=O)N(C)CCCN. The molecule has 0 unspecified atom stereocenters. The molecule has 3 nitrogen and oxygen atoms in total. The number of hydrogen-bond acceptors (Lipinski definition) is 2. The summed E-state index contributed by atoms with van der Waals surface area (Å²) in [5.74, 6) is 0.0888. The Labute approximate surface area is 74.2 Å². The van der Waals surface area contributed by atoms with Crippen LogP contribution in [0.1, 0.15) is 20.3 Å². The maximum Gasteiger partial charge on any atom is 0.248 e. The van der Waals surface area contributed by atoms with E-state index in [0.29, 0.717) is 6.54 Å². The molecule has 0 atom stereocenters. The van der Waals surface area contributed by atoms with Crippen molar-refractivity contribution in [3.8, 4) is 0 Å². The molecule has 0 rings (SSSR count). The molecule has 0 aromatic heterocycles. The lowest BCUT2D eigenvalue weighted by Gasteiger charge is -2.16. The third-order valence-corrected chi connectivity index (χ3v) is 1.81. The Morgan fingerprint density at radius 3 is 2.58 bits per heavy atom. The molecule has 0 spiro atoms. The molecule has 0 aliphatic carbocycles. The van der Waals surface area contributed by atoms with E-state index in [9.17, 15) is 4.79 Å². The largest absolute Gasteiger partial charge is 0.342 e. The Balaban J connectivity index is 3.93. The Bertz CT molecular complexity index is 175. The average Bonchev–Trinajstić information content (AvgIpc) is 2.11. The highest BCUT2D eigenvalue weighted by atomic mass is 16.2. The molecular weight excluding hydrogens is 152 g/mol. The molecule has 0 aromatic carbocycles. The van der Waals surface area contributed by atoms with E-state index in [1.165, 1.54) is 0 Å². The number of rotatable bonds is 4. The van der Waals surface area contributed by atoms with E-state index in [-0.39, 0.29) is 5.91 Å². The normalized spacial score (nSPS) is 11.5. The zero-order valence-electron chi connectivity index (χ0n) is 8.13. The fraction of sp³-hybridized carbons (Fsp3) is 0.667. The second kappa shape index (κ2) is 5.77. The third kappa shape index (κ3) is 3.53. The number of allylic oxidation sites excluding steroid dienone is 1. The third-order valence-electron chi connectivity index (χ3n) is 1.81. The van der Waals surface area contributed by atoms with Crippen LogP contribution in [0.4, 0.5) is 0 Å². The molecule has 12 heavy (non-hydrogen) atoms. The molecule has 3 heteroatoms. The summed E-state index contributed by atoms with van der Waals surface area (Å²) in [5, 5.41) is 0. The lowest BCUT2D eigenvalue weighted by molar-refractivity contribution is -0.125. The van der Waals surface area contributed by atoms with Crippen LogP contribution < -0.4 is 5.73 Å². The van der Waals surface area contributed by atoms with Crippen molar-refractivity contribution in [2.75, 3.05) is 20.1 Å². The van der Waals surface area contributed by atoms with Crippen LogP contribution in [0.2, 0.25) is 0 Å².